The lowest BCUT2D eigenvalue weighted by Crippen LogP contribution is -2.25. The molecule has 0 saturated carbocycles. The minimum Gasteiger partial charge on any atom is -0.460 e. The van der Waals surface area contributed by atoms with Crippen molar-refractivity contribution < 1.29 is 9.52 Å². The molecule has 4 heteroatoms. The first-order valence-corrected chi connectivity index (χ1v) is 9.26. The van der Waals surface area contributed by atoms with Gasteiger partial charge in [-0.25, -0.2) is 0 Å². The quantitative estimate of drug-likeness (QED) is 0.535. The molecule has 3 aromatic rings. The van der Waals surface area contributed by atoms with E-state index in [0.717, 1.165) is 42.0 Å². The number of halogens is 1. The molecule has 1 aromatic heterocycles. The predicted molar refractivity (Wildman–Crippen MR) is 113 cm³/mol. The van der Waals surface area contributed by atoms with Crippen LogP contribution in [0.5, 0.6) is 0 Å². The second-order valence-electron chi connectivity index (χ2n) is 6.87. The summed E-state index contributed by atoms with van der Waals surface area (Å²) in [5, 5.41) is 13.1. The number of aryl methyl sites for hydroxylation is 1. The number of nitrogens with one attached hydrogen (secondary N) is 1. The first kappa shape index (κ1) is 21.2. The third-order valence-electron chi connectivity index (χ3n) is 4.67. The smallest absolute Gasteiger partial charge is 0.134 e. The molecule has 0 aliphatic carbocycles. The minimum absolute atomic E-state index is 0. The van der Waals surface area contributed by atoms with Crippen LogP contribution in [0.2, 0.25) is 0 Å². The molecule has 0 aliphatic heterocycles. The van der Waals surface area contributed by atoms with E-state index in [0.29, 0.717) is 6.04 Å². The zero-order valence-corrected chi connectivity index (χ0v) is 16.7. The van der Waals surface area contributed by atoms with Crippen molar-refractivity contribution in [1.82, 2.24) is 5.32 Å². The maximum Gasteiger partial charge on any atom is 0.134 e. The molecular weight excluding hydrogens is 358 g/mol. The van der Waals surface area contributed by atoms with Gasteiger partial charge in [0.15, 0.2) is 0 Å². The van der Waals surface area contributed by atoms with E-state index in [2.05, 4.69) is 42.6 Å². The van der Waals surface area contributed by atoms with Crippen molar-refractivity contribution in [2.45, 2.75) is 45.4 Å². The Kier molecular flexibility index (Phi) is 8.11. The average Bonchev–Trinajstić information content (AvgIpc) is 3.14. The van der Waals surface area contributed by atoms with E-state index < -0.39 is 6.10 Å². The molecule has 0 amide bonds. The summed E-state index contributed by atoms with van der Waals surface area (Å²) < 4.78 is 5.96. The molecule has 0 spiro atoms. The highest BCUT2D eigenvalue weighted by Crippen LogP contribution is 2.24. The van der Waals surface area contributed by atoms with Crippen molar-refractivity contribution in [3.63, 3.8) is 0 Å². The Morgan fingerprint density at radius 2 is 1.63 bits per heavy atom. The fraction of sp³-hybridized carbons (Fsp3) is 0.304. The lowest BCUT2D eigenvalue weighted by Gasteiger charge is -2.12. The molecule has 2 unspecified atom stereocenters. The lowest BCUT2D eigenvalue weighted by molar-refractivity contribution is 0.199. The van der Waals surface area contributed by atoms with Gasteiger partial charge in [0.25, 0.3) is 0 Å². The molecule has 2 atom stereocenters. The van der Waals surface area contributed by atoms with Crippen LogP contribution in [0.25, 0.3) is 11.3 Å². The molecule has 0 fully saturated rings. The van der Waals surface area contributed by atoms with Crippen LogP contribution in [0, 0.1) is 0 Å². The molecule has 3 rings (SSSR count). The molecule has 0 saturated heterocycles. The van der Waals surface area contributed by atoms with Gasteiger partial charge in [-0.1, -0.05) is 54.6 Å². The highest BCUT2D eigenvalue weighted by atomic mass is 35.5. The second kappa shape index (κ2) is 10.3. The monoisotopic (exact) mass is 385 g/mol. The van der Waals surface area contributed by atoms with Crippen LogP contribution in [-0.4, -0.2) is 11.1 Å². The van der Waals surface area contributed by atoms with Gasteiger partial charge >= 0.3 is 0 Å². The SMILES string of the molecule is CC(CCc1ccccc1)NCc1ccc(-c2ccc(C(C)O)cc2)o1.Cl. The summed E-state index contributed by atoms with van der Waals surface area (Å²) in [7, 11) is 0. The zero-order valence-electron chi connectivity index (χ0n) is 15.9. The van der Waals surface area contributed by atoms with Gasteiger partial charge in [0, 0.05) is 11.6 Å². The van der Waals surface area contributed by atoms with Gasteiger partial charge in [0.1, 0.15) is 11.5 Å². The summed E-state index contributed by atoms with van der Waals surface area (Å²) in [4.78, 5) is 0. The van der Waals surface area contributed by atoms with E-state index in [9.17, 15) is 5.11 Å². The molecular formula is C23H28ClNO2. The van der Waals surface area contributed by atoms with E-state index in [1.807, 2.05) is 36.4 Å². The summed E-state index contributed by atoms with van der Waals surface area (Å²) in [6.07, 6.45) is 1.73. The fourth-order valence-corrected chi connectivity index (χ4v) is 2.96. The van der Waals surface area contributed by atoms with Crippen molar-refractivity contribution in [3.05, 3.63) is 83.6 Å². The number of benzene rings is 2. The van der Waals surface area contributed by atoms with Gasteiger partial charge in [-0.15, -0.1) is 12.4 Å². The van der Waals surface area contributed by atoms with Crippen molar-refractivity contribution in [2.75, 3.05) is 0 Å². The molecule has 3 nitrogen and oxygen atoms in total. The van der Waals surface area contributed by atoms with E-state index in [-0.39, 0.29) is 12.4 Å². The molecule has 0 radical (unpaired) electrons. The Hall–Kier alpha value is -2.07. The van der Waals surface area contributed by atoms with Crippen LogP contribution in [0.4, 0.5) is 0 Å². The van der Waals surface area contributed by atoms with Crippen LogP contribution in [0.15, 0.2) is 71.1 Å². The summed E-state index contributed by atoms with van der Waals surface area (Å²) in [6, 6.07) is 22.9. The molecule has 2 N–H and O–H groups in total. The van der Waals surface area contributed by atoms with Crippen LogP contribution in [0.3, 0.4) is 0 Å². The summed E-state index contributed by atoms with van der Waals surface area (Å²) in [5.41, 5.74) is 3.31. The third-order valence-corrected chi connectivity index (χ3v) is 4.67. The summed E-state index contributed by atoms with van der Waals surface area (Å²) in [5.74, 6) is 1.79. The first-order valence-electron chi connectivity index (χ1n) is 9.26. The Morgan fingerprint density at radius 1 is 0.926 bits per heavy atom. The second-order valence-corrected chi connectivity index (χ2v) is 6.87. The minimum atomic E-state index is -0.446. The van der Waals surface area contributed by atoms with Gasteiger partial charge in [0.05, 0.1) is 12.6 Å². The van der Waals surface area contributed by atoms with Crippen molar-refractivity contribution in [3.8, 4) is 11.3 Å². The van der Waals surface area contributed by atoms with Crippen molar-refractivity contribution in [2.24, 2.45) is 0 Å². The first-order chi connectivity index (χ1) is 12.6. The van der Waals surface area contributed by atoms with Gasteiger partial charge in [-0.05, 0) is 49.9 Å². The molecule has 144 valence electrons. The average molecular weight is 386 g/mol. The zero-order chi connectivity index (χ0) is 18.4. The van der Waals surface area contributed by atoms with Crippen LogP contribution in [0.1, 0.15) is 43.3 Å². The van der Waals surface area contributed by atoms with E-state index in [4.69, 9.17) is 4.42 Å². The normalized spacial score (nSPS) is 13.0. The van der Waals surface area contributed by atoms with Crippen molar-refractivity contribution in [1.29, 1.82) is 0 Å². The Balaban J connectivity index is 0.00000261. The number of aliphatic hydroxyl groups excluding tert-OH is 1. The highest BCUT2D eigenvalue weighted by Gasteiger charge is 2.08. The van der Waals surface area contributed by atoms with Gasteiger partial charge < -0.3 is 14.8 Å². The summed E-state index contributed by atoms with van der Waals surface area (Å²) >= 11 is 0. The Labute approximate surface area is 167 Å². The number of aliphatic hydroxyl groups is 1. The Bertz CT molecular complexity index is 797. The maximum absolute atomic E-state index is 9.60. The third kappa shape index (κ3) is 6.24. The number of hydrogen-bond acceptors (Lipinski definition) is 3. The topological polar surface area (TPSA) is 45.4 Å². The number of hydrogen-bond donors (Lipinski definition) is 2. The molecule has 2 aromatic carbocycles. The van der Waals surface area contributed by atoms with Gasteiger partial charge in [-0.2, -0.15) is 0 Å². The lowest BCUT2D eigenvalue weighted by atomic mass is 10.1. The largest absolute Gasteiger partial charge is 0.460 e. The summed E-state index contributed by atoms with van der Waals surface area (Å²) in [6.45, 7) is 4.70. The predicted octanol–water partition coefficient (Wildman–Crippen LogP) is 5.53. The van der Waals surface area contributed by atoms with Gasteiger partial charge in [-0.3, -0.25) is 0 Å². The standard InChI is InChI=1S/C23H27NO2.ClH/c1-17(8-9-19-6-4-3-5-7-19)24-16-22-14-15-23(26-22)21-12-10-20(11-13-21)18(2)25;/h3-7,10-15,17-18,24-25H,8-9,16H2,1-2H3;1H. The molecule has 0 bridgehead atoms. The van der Waals surface area contributed by atoms with Gasteiger partial charge in [0.2, 0.25) is 0 Å². The van der Waals surface area contributed by atoms with E-state index in [1.165, 1.54) is 5.56 Å². The number of furan rings is 1. The molecule has 0 aliphatic rings. The Morgan fingerprint density at radius 3 is 2.30 bits per heavy atom. The number of rotatable bonds is 8. The fourth-order valence-electron chi connectivity index (χ4n) is 2.96. The van der Waals surface area contributed by atoms with Crippen LogP contribution < -0.4 is 5.32 Å². The van der Waals surface area contributed by atoms with Crippen LogP contribution in [-0.2, 0) is 13.0 Å². The van der Waals surface area contributed by atoms with Crippen molar-refractivity contribution >= 4 is 12.4 Å². The molecule has 1 heterocycles. The molecule has 27 heavy (non-hydrogen) atoms. The maximum atomic E-state index is 9.60. The van der Waals surface area contributed by atoms with Crippen LogP contribution >= 0.6 is 12.4 Å². The van der Waals surface area contributed by atoms with E-state index >= 15 is 0 Å². The highest BCUT2D eigenvalue weighted by molar-refractivity contribution is 5.85. The van der Waals surface area contributed by atoms with E-state index in [1.54, 1.807) is 6.92 Å².